The lowest BCUT2D eigenvalue weighted by atomic mass is 10.2. The molecule has 23 heavy (non-hydrogen) atoms. The zero-order valence-electron chi connectivity index (χ0n) is 12.4. The Bertz CT molecular complexity index is 769. The second kappa shape index (κ2) is 7.92. The fraction of sp³-hybridized carbons (Fsp3) is 0.267. The average molecular weight is 374 g/mol. The number of halogens is 1. The van der Waals surface area contributed by atoms with Crippen molar-refractivity contribution in [2.45, 2.75) is 17.7 Å². The van der Waals surface area contributed by atoms with Gasteiger partial charge in [-0.25, -0.2) is 17.9 Å². The summed E-state index contributed by atoms with van der Waals surface area (Å²) in [5.74, 6) is -0.357. The van der Waals surface area contributed by atoms with Gasteiger partial charge in [0.1, 0.15) is 4.88 Å². The molecule has 0 aliphatic rings. The largest absolute Gasteiger partial charge is 0.465 e. The molecule has 5 nitrogen and oxygen atoms in total. The minimum absolute atomic E-state index is 0.186. The van der Waals surface area contributed by atoms with Gasteiger partial charge in [0.2, 0.25) is 10.0 Å². The van der Waals surface area contributed by atoms with Gasteiger partial charge in [0.15, 0.2) is 0 Å². The molecule has 0 spiro atoms. The number of methoxy groups -OCH3 is 1. The average Bonchev–Trinajstić information content (AvgIpc) is 3.00. The first-order chi connectivity index (χ1) is 10.9. The van der Waals surface area contributed by atoms with E-state index in [0.29, 0.717) is 29.3 Å². The highest BCUT2D eigenvalue weighted by molar-refractivity contribution is 7.89. The third-order valence-electron chi connectivity index (χ3n) is 3.10. The molecular weight excluding hydrogens is 358 g/mol. The molecule has 0 radical (unpaired) electrons. The molecule has 2 aromatic rings. The maximum absolute atomic E-state index is 12.1. The number of rotatable bonds is 7. The van der Waals surface area contributed by atoms with E-state index in [0.717, 1.165) is 5.56 Å². The van der Waals surface area contributed by atoms with Crippen LogP contribution in [0.2, 0.25) is 5.02 Å². The van der Waals surface area contributed by atoms with Gasteiger partial charge in [-0.3, -0.25) is 0 Å². The molecule has 1 aromatic heterocycles. The van der Waals surface area contributed by atoms with E-state index in [4.69, 9.17) is 11.6 Å². The van der Waals surface area contributed by atoms with Crippen LogP contribution in [0.25, 0.3) is 0 Å². The Hall–Kier alpha value is -1.41. The zero-order valence-corrected chi connectivity index (χ0v) is 14.8. The first-order valence-electron chi connectivity index (χ1n) is 6.83. The molecule has 124 valence electrons. The summed E-state index contributed by atoms with van der Waals surface area (Å²) in [4.78, 5) is 12.1. The molecule has 2 rings (SSSR count). The Morgan fingerprint density at radius 1 is 1.30 bits per heavy atom. The van der Waals surface area contributed by atoms with E-state index < -0.39 is 10.0 Å². The predicted molar refractivity (Wildman–Crippen MR) is 90.6 cm³/mol. The minimum Gasteiger partial charge on any atom is -0.465 e. The third-order valence-corrected chi connectivity index (χ3v) is 5.79. The van der Waals surface area contributed by atoms with Gasteiger partial charge in [0, 0.05) is 11.6 Å². The molecule has 0 saturated heterocycles. The number of nitrogens with one attached hydrogen (secondary N) is 1. The van der Waals surface area contributed by atoms with E-state index in [2.05, 4.69) is 9.46 Å². The summed E-state index contributed by atoms with van der Waals surface area (Å²) in [7, 11) is -2.18. The molecule has 0 unspecified atom stereocenters. The fourth-order valence-electron chi connectivity index (χ4n) is 1.91. The molecule has 1 aromatic carbocycles. The van der Waals surface area contributed by atoms with E-state index in [1.54, 1.807) is 6.07 Å². The summed E-state index contributed by atoms with van der Waals surface area (Å²) in [6, 6.07) is 7.77. The number of aryl methyl sites for hydroxylation is 1. The lowest BCUT2D eigenvalue weighted by Gasteiger charge is -2.06. The molecule has 8 heteroatoms. The van der Waals surface area contributed by atoms with E-state index in [9.17, 15) is 13.2 Å². The predicted octanol–water partition coefficient (Wildman–Crippen LogP) is 3.10. The van der Waals surface area contributed by atoms with E-state index in [-0.39, 0.29) is 10.9 Å². The summed E-state index contributed by atoms with van der Waals surface area (Å²) in [6.45, 7) is 0.314. The SMILES string of the molecule is COC(=O)c1cc(CCCNS(=O)(=O)c2ccc(Cl)cc2)cs1. The summed E-state index contributed by atoms with van der Waals surface area (Å²) in [5, 5.41) is 2.36. The number of esters is 1. The van der Waals surface area contributed by atoms with Crippen molar-refractivity contribution in [2.24, 2.45) is 0 Å². The van der Waals surface area contributed by atoms with Gasteiger partial charge in [0.05, 0.1) is 12.0 Å². The third kappa shape index (κ3) is 5.04. The van der Waals surface area contributed by atoms with Crippen molar-refractivity contribution in [3.8, 4) is 0 Å². The molecule has 0 amide bonds. The van der Waals surface area contributed by atoms with Crippen molar-refractivity contribution in [2.75, 3.05) is 13.7 Å². The van der Waals surface area contributed by atoms with Crippen LogP contribution in [-0.4, -0.2) is 28.0 Å². The number of benzene rings is 1. The Morgan fingerprint density at radius 2 is 2.00 bits per heavy atom. The van der Waals surface area contributed by atoms with Crippen LogP contribution in [0.3, 0.4) is 0 Å². The van der Waals surface area contributed by atoms with Gasteiger partial charge in [0.25, 0.3) is 0 Å². The van der Waals surface area contributed by atoms with E-state index in [1.807, 2.05) is 5.38 Å². The van der Waals surface area contributed by atoms with Gasteiger partial charge in [-0.15, -0.1) is 11.3 Å². The van der Waals surface area contributed by atoms with Crippen LogP contribution in [-0.2, 0) is 21.2 Å². The molecule has 0 saturated carbocycles. The van der Waals surface area contributed by atoms with Gasteiger partial charge in [-0.2, -0.15) is 0 Å². The number of carbonyl (C=O) groups excluding carboxylic acids is 1. The molecule has 0 atom stereocenters. The smallest absolute Gasteiger partial charge is 0.348 e. The lowest BCUT2D eigenvalue weighted by molar-refractivity contribution is 0.0606. The molecule has 1 N–H and O–H groups in total. The highest BCUT2D eigenvalue weighted by atomic mass is 35.5. The standard InChI is InChI=1S/C15H16ClNO4S2/c1-21-15(18)14-9-11(10-22-14)3-2-8-17-23(19,20)13-6-4-12(16)5-7-13/h4-7,9-10,17H,2-3,8H2,1H3. The summed E-state index contributed by atoms with van der Waals surface area (Å²) in [6.07, 6.45) is 1.31. The van der Waals surface area contributed by atoms with Gasteiger partial charge >= 0.3 is 5.97 Å². The molecule has 1 heterocycles. The Labute approximate surface area is 144 Å². The highest BCUT2D eigenvalue weighted by Crippen LogP contribution is 2.17. The normalized spacial score (nSPS) is 11.4. The first kappa shape index (κ1) is 17.9. The fourth-order valence-corrected chi connectivity index (χ4v) is 3.97. The van der Waals surface area contributed by atoms with Gasteiger partial charge in [-0.05, 0) is 54.1 Å². The van der Waals surface area contributed by atoms with E-state index in [1.165, 1.54) is 42.7 Å². The van der Waals surface area contributed by atoms with Crippen LogP contribution in [0, 0.1) is 0 Å². The lowest BCUT2D eigenvalue weighted by Crippen LogP contribution is -2.25. The second-order valence-electron chi connectivity index (χ2n) is 4.77. The summed E-state index contributed by atoms with van der Waals surface area (Å²) < 4.78 is 31.3. The van der Waals surface area contributed by atoms with Crippen molar-refractivity contribution in [3.05, 3.63) is 51.2 Å². The maximum Gasteiger partial charge on any atom is 0.348 e. The summed E-state index contributed by atoms with van der Waals surface area (Å²) >= 11 is 7.06. The topological polar surface area (TPSA) is 72.5 Å². The summed E-state index contributed by atoms with van der Waals surface area (Å²) in [5.41, 5.74) is 0.987. The molecule has 0 bridgehead atoms. The molecule has 0 aliphatic carbocycles. The van der Waals surface area contributed by atoms with Crippen LogP contribution < -0.4 is 4.72 Å². The van der Waals surface area contributed by atoms with Crippen molar-refractivity contribution >= 4 is 38.9 Å². The zero-order chi connectivity index (χ0) is 16.9. The highest BCUT2D eigenvalue weighted by Gasteiger charge is 2.13. The Balaban J connectivity index is 1.84. The number of thiophene rings is 1. The first-order valence-corrected chi connectivity index (χ1v) is 9.57. The van der Waals surface area contributed by atoms with Crippen molar-refractivity contribution in [1.29, 1.82) is 0 Å². The van der Waals surface area contributed by atoms with Crippen LogP contribution in [0.1, 0.15) is 21.7 Å². The molecule has 0 fully saturated rings. The number of sulfonamides is 1. The number of hydrogen-bond acceptors (Lipinski definition) is 5. The quantitative estimate of drug-likeness (QED) is 0.598. The van der Waals surface area contributed by atoms with Crippen molar-refractivity contribution in [1.82, 2.24) is 4.72 Å². The Morgan fingerprint density at radius 3 is 2.65 bits per heavy atom. The van der Waals surface area contributed by atoms with Crippen LogP contribution in [0.15, 0.2) is 40.6 Å². The minimum atomic E-state index is -3.52. The van der Waals surface area contributed by atoms with Gasteiger partial charge in [-0.1, -0.05) is 11.6 Å². The number of ether oxygens (including phenoxy) is 1. The second-order valence-corrected chi connectivity index (χ2v) is 7.88. The molecule has 0 aliphatic heterocycles. The van der Waals surface area contributed by atoms with Crippen LogP contribution >= 0.6 is 22.9 Å². The molecular formula is C15H16ClNO4S2. The van der Waals surface area contributed by atoms with E-state index >= 15 is 0 Å². The number of carbonyl (C=O) groups is 1. The number of hydrogen-bond donors (Lipinski definition) is 1. The van der Waals surface area contributed by atoms with Crippen LogP contribution in [0.5, 0.6) is 0 Å². The Kier molecular flexibility index (Phi) is 6.17. The maximum atomic E-state index is 12.1. The van der Waals surface area contributed by atoms with Crippen LogP contribution in [0.4, 0.5) is 0 Å². The monoisotopic (exact) mass is 373 g/mol. The van der Waals surface area contributed by atoms with Crippen molar-refractivity contribution in [3.63, 3.8) is 0 Å². The van der Waals surface area contributed by atoms with Gasteiger partial charge < -0.3 is 4.74 Å². The van der Waals surface area contributed by atoms with Crippen molar-refractivity contribution < 1.29 is 17.9 Å².